The standard InChI is InChI=1S/C18H27NO2/c1-3-16(11-14-5-6-14)19-13(2)15-7-8-17-18(12-15)21-10-4-9-20-17/h7-8,12-14,16,19H,3-6,9-11H2,1-2H3. The van der Waals surface area contributed by atoms with Gasteiger partial charge in [-0.1, -0.05) is 25.8 Å². The average molecular weight is 289 g/mol. The number of rotatable bonds is 6. The van der Waals surface area contributed by atoms with E-state index in [1.807, 2.05) is 0 Å². The molecule has 0 radical (unpaired) electrons. The fourth-order valence-electron chi connectivity index (χ4n) is 3.01. The molecule has 1 aromatic rings. The first-order chi connectivity index (χ1) is 10.3. The Morgan fingerprint density at radius 2 is 1.95 bits per heavy atom. The van der Waals surface area contributed by atoms with Gasteiger partial charge in [0.1, 0.15) is 0 Å². The summed E-state index contributed by atoms with van der Waals surface area (Å²) in [6, 6.07) is 7.34. The summed E-state index contributed by atoms with van der Waals surface area (Å²) in [5, 5.41) is 3.78. The summed E-state index contributed by atoms with van der Waals surface area (Å²) < 4.78 is 11.5. The van der Waals surface area contributed by atoms with E-state index in [-0.39, 0.29) is 0 Å². The van der Waals surface area contributed by atoms with Gasteiger partial charge in [-0.05, 0) is 43.4 Å². The van der Waals surface area contributed by atoms with Crippen LogP contribution in [0.5, 0.6) is 11.5 Å². The van der Waals surface area contributed by atoms with Crippen molar-refractivity contribution in [3.63, 3.8) is 0 Å². The normalized spacial score (nSPS) is 20.7. The molecule has 1 aliphatic carbocycles. The van der Waals surface area contributed by atoms with Gasteiger partial charge in [0.2, 0.25) is 0 Å². The van der Waals surface area contributed by atoms with Crippen molar-refractivity contribution in [3.8, 4) is 11.5 Å². The average Bonchev–Trinajstić information content (AvgIpc) is 3.32. The van der Waals surface area contributed by atoms with E-state index < -0.39 is 0 Å². The van der Waals surface area contributed by atoms with Gasteiger partial charge in [-0.2, -0.15) is 0 Å². The molecule has 116 valence electrons. The van der Waals surface area contributed by atoms with Crippen LogP contribution in [0.2, 0.25) is 0 Å². The van der Waals surface area contributed by atoms with Crippen molar-refractivity contribution in [2.75, 3.05) is 13.2 Å². The molecule has 1 heterocycles. The van der Waals surface area contributed by atoms with E-state index in [2.05, 4.69) is 37.4 Å². The highest BCUT2D eigenvalue weighted by atomic mass is 16.5. The van der Waals surface area contributed by atoms with Crippen molar-refractivity contribution < 1.29 is 9.47 Å². The van der Waals surface area contributed by atoms with Crippen molar-refractivity contribution in [1.29, 1.82) is 0 Å². The number of ether oxygens (including phenoxy) is 2. The monoisotopic (exact) mass is 289 g/mol. The van der Waals surface area contributed by atoms with Gasteiger partial charge in [-0.3, -0.25) is 0 Å². The van der Waals surface area contributed by atoms with Crippen LogP contribution in [0, 0.1) is 5.92 Å². The molecule has 2 aliphatic rings. The predicted molar refractivity (Wildman–Crippen MR) is 85.0 cm³/mol. The molecule has 1 saturated carbocycles. The van der Waals surface area contributed by atoms with Crippen molar-refractivity contribution in [3.05, 3.63) is 23.8 Å². The Labute approximate surface area is 128 Å². The minimum Gasteiger partial charge on any atom is -0.490 e. The molecule has 3 rings (SSSR count). The Morgan fingerprint density at radius 3 is 2.67 bits per heavy atom. The molecule has 3 heteroatoms. The maximum Gasteiger partial charge on any atom is 0.161 e. The number of benzene rings is 1. The third kappa shape index (κ3) is 3.91. The zero-order valence-corrected chi connectivity index (χ0v) is 13.2. The zero-order valence-electron chi connectivity index (χ0n) is 13.2. The number of fused-ring (bicyclic) bond motifs is 1. The Hall–Kier alpha value is -1.22. The maximum atomic E-state index is 5.79. The van der Waals surface area contributed by atoms with Crippen LogP contribution in [0.1, 0.15) is 57.6 Å². The Kier molecular flexibility index (Phi) is 4.69. The van der Waals surface area contributed by atoms with E-state index in [0.717, 1.165) is 37.1 Å². The topological polar surface area (TPSA) is 30.5 Å². The van der Waals surface area contributed by atoms with Crippen LogP contribution in [0.4, 0.5) is 0 Å². The summed E-state index contributed by atoms with van der Waals surface area (Å²) >= 11 is 0. The Balaban J connectivity index is 1.65. The summed E-state index contributed by atoms with van der Waals surface area (Å²) in [6.45, 7) is 6.02. The number of hydrogen-bond acceptors (Lipinski definition) is 3. The highest BCUT2D eigenvalue weighted by Crippen LogP contribution is 2.35. The first kappa shape index (κ1) is 14.7. The van der Waals surface area contributed by atoms with Crippen molar-refractivity contribution >= 4 is 0 Å². The second-order valence-corrected chi connectivity index (χ2v) is 6.43. The lowest BCUT2D eigenvalue weighted by atomic mass is 10.0. The van der Waals surface area contributed by atoms with Crippen molar-refractivity contribution in [2.24, 2.45) is 5.92 Å². The van der Waals surface area contributed by atoms with Gasteiger partial charge in [0, 0.05) is 18.5 Å². The smallest absolute Gasteiger partial charge is 0.161 e. The molecule has 0 saturated heterocycles. The van der Waals surface area contributed by atoms with E-state index in [9.17, 15) is 0 Å². The van der Waals surface area contributed by atoms with Gasteiger partial charge in [0.25, 0.3) is 0 Å². The molecule has 21 heavy (non-hydrogen) atoms. The quantitative estimate of drug-likeness (QED) is 0.856. The highest BCUT2D eigenvalue weighted by Gasteiger charge is 2.25. The van der Waals surface area contributed by atoms with Gasteiger partial charge in [0.05, 0.1) is 13.2 Å². The summed E-state index contributed by atoms with van der Waals surface area (Å²) in [6.07, 6.45) is 6.33. The minimum absolute atomic E-state index is 0.353. The summed E-state index contributed by atoms with van der Waals surface area (Å²) in [5.41, 5.74) is 1.29. The van der Waals surface area contributed by atoms with Gasteiger partial charge in [0.15, 0.2) is 11.5 Å². The minimum atomic E-state index is 0.353. The van der Waals surface area contributed by atoms with Crippen molar-refractivity contribution in [1.82, 2.24) is 5.32 Å². The van der Waals surface area contributed by atoms with Crippen LogP contribution in [-0.4, -0.2) is 19.3 Å². The molecule has 1 aliphatic heterocycles. The molecular formula is C18H27NO2. The van der Waals surface area contributed by atoms with Gasteiger partial charge in [-0.25, -0.2) is 0 Å². The summed E-state index contributed by atoms with van der Waals surface area (Å²) in [7, 11) is 0. The largest absolute Gasteiger partial charge is 0.490 e. The molecule has 1 aromatic carbocycles. The fraction of sp³-hybridized carbons (Fsp3) is 0.667. The Morgan fingerprint density at radius 1 is 1.19 bits per heavy atom. The van der Waals surface area contributed by atoms with Crippen LogP contribution >= 0.6 is 0 Å². The lowest BCUT2D eigenvalue weighted by molar-refractivity contribution is 0.297. The van der Waals surface area contributed by atoms with E-state index in [1.54, 1.807) is 0 Å². The summed E-state index contributed by atoms with van der Waals surface area (Å²) in [4.78, 5) is 0. The summed E-state index contributed by atoms with van der Waals surface area (Å²) in [5.74, 6) is 2.75. The van der Waals surface area contributed by atoms with E-state index >= 15 is 0 Å². The third-order valence-electron chi connectivity index (χ3n) is 4.56. The second kappa shape index (κ2) is 6.69. The van der Waals surface area contributed by atoms with Crippen LogP contribution in [0.15, 0.2) is 18.2 Å². The third-order valence-corrected chi connectivity index (χ3v) is 4.56. The van der Waals surface area contributed by atoms with E-state index in [4.69, 9.17) is 9.47 Å². The molecule has 0 amide bonds. The van der Waals surface area contributed by atoms with Gasteiger partial charge < -0.3 is 14.8 Å². The predicted octanol–water partition coefficient (Wildman–Crippen LogP) is 4.08. The van der Waals surface area contributed by atoms with Gasteiger partial charge >= 0.3 is 0 Å². The molecule has 1 N–H and O–H groups in total. The SMILES string of the molecule is CCC(CC1CC1)NC(C)c1ccc2c(c1)OCCCO2. The lowest BCUT2D eigenvalue weighted by Crippen LogP contribution is -2.31. The Bertz CT molecular complexity index is 470. The van der Waals surface area contributed by atoms with Crippen LogP contribution in [0.25, 0.3) is 0 Å². The molecule has 0 bridgehead atoms. The molecular weight excluding hydrogens is 262 g/mol. The molecule has 2 atom stereocenters. The van der Waals surface area contributed by atoms with Crippen LogP contribution in [-0.2, 0) is 0 Å². The maximum absolute atomic E-state index is 5.79. The van der Waals surface area contributed by atoms with E-state index in [0.29, 0.717) is 12.1 Å². The molecule has 1 fully saturated rings. The molecule has 0 aromatic heterocycles. The van der Waals surface area contributed by atoms with Crippen LogP contribution in [0.3, 0.4) is 0 Å². The molecule has 0 spiro atoms. The highest BCUT2D eigenvalue weighted by molar-refractivity contribution is 5.44. The van der Waals surface area contributed by atoms with Gasteiger partial charge in [-0.15, -0.1) is 0 Å². The first-order valence-corrected chi connectivity index (χ1v) is 8.42. The fourth-order valence-corrected chi connectivity index (χ4v) is 3.01. The number of hydrogen-bond donors (Lipinski definition) is 1. The van der Waals surface area contributed by atoms with Crippen molar-refractivity contribution in [2.45, 2.75) is 58.0 Å². The molecule has 3 nitrogen and oxygen atoms in total. The number of nitrogens with one attached hydrogen (secondary N) is 1. The molecule has 2 unspecified atom stereocenters. The van der Waals surface area contributed by atoms with E-state index in [1.165, 1.54) is 31.2 Å². The zero-order chi connectivity index (χ0) is 14.7. The van der Waals surface area contributed by atoms with Crippen LogP contribution < -0.4 is 14.8 Å². The second-order valence-electron chi connectivity index (χ2n) is 6.43. The lowest BCUT2D eigenvalue weighted by Gasteiger charge is -2.23. The first-order valence-electron chi connectivity index (χ1n) is 8.42.